The lowest BCUT2D eigenvalue weighted by atomic mass is 10.2. The van der Waals surface area contributed by atoms with Gasteiger partial charge < -0.3 is 11.1 Å². The molecule has 0 unspecified atom stereocenters. The summed E-state index contributed by atoms with van der Waals surface area (Å²) in [5.41, 5.74) is 6.69. The zero-order valence-corrected chi connectivity index (χ0v) is 12.8. The molecule has 0 aliphatic heterocycles. The van der Waals surface area contributed by atoms with Gasteiger partial charge in [-0.2, -0.15) is 0 Å². The quantitative estimate of drug-likeness (QED) is 0.519. The van der Waals surface area contributed by atoms with E-state index in [-0.39, 0.29) is 5.91 Å². The van der Waals surface area contributed by atoms with Crippen LogP contribution in [0.3, 0.4) is 0 Å². The summed E-state index contributed by atoms with van der Waals surface area (Å²) in [5.74, 6) is -0.222. The van der Waals surface area contributed by atoms with Crippen molar-refractivity contribution < 1.29 is 13.2 Å². The molecule has 0 radical (unpaired) electrons. The van der Waals surface area contributed by atoms with Gasteiger partial charge in [0.1, 0.15) is 0 Å². The number of nitrogens with one attached hydrogen (secondary N) is 2. The Kier molecular flexibility index (Phi) is 5.77. The smallest absolute Gasteiger partial charge is 0.251 e. The number of carbonyl (C=O) groups is 1. The van der Waals surface area contributed by atoms with Crippen LogP contribution in [0.25, 0.3) is 0 Å². The molecule has 1 aromatic carbocycles. The molecule has 0 fully saturated rings. The zero-order valence-electron chi connectivity index (χ0n) is 10.4. The Balaban J connectivity index is 2.37. The molecule has 0 saturated heterocycles. The molecule has 106 valence electrons. The Morgan fingerprint density at radius 3 is 2.63 bits per heavy atom. The fourth-order valence-corrected chi connectivity index (χ4v) is 2.21. The normalized spacial score (nSPS) is 11.3. The molecule has 0 aliphatic carbocycles. The van der Waals surface area contributed by atoms with Gasteiger partial charge in [-0.25, -0.2) is 13.1 Å². The van der Waals surface area contributed by atoms with Crippen LogP contribution in [0.15, 0.2) is 22.7 Å². The summed E-state index contributed by atoms with van der Waals surface area (Å²) in [5, 5.41) is 2.70. The van der Waals surface area contributed by atoms with Crippen molar-refractivity contribution in [1.82, 2.24) is 10.0 Å². The van der Waals surface area contributed by atoms with E-state index in [0.29, 0.717) is 35.2 Å². The van der Waals surface area contributed by atoms with Gasteiger partial charge in [0.05, 0.1) is 6.26 Å². The average molecular weight is 350 g/mol. The van der Waals surface area contributed by atoms with E-state index in [1.807, 2.05) is 0 Å². The van der Waals surface area contributed by atoms with Crippen LogP contribution in [-0.4, -0.2) is 33.7 Å². The molecule has 6 nitrogen and oxygen atoms in total. The molecular weight excluding hydrogens is 334 g/mol. The molecular formula is C11H16BrN3O3S. The zero-order chi connectivity index (χ0) is 14.5. The summed E-state index contributed by atoms with van der Waals surface area (Å²) in [6, 6.07) is 4.91. The first kappa shape index (κ1) is 15.9. The summed E-state index contributed by atoms with van der Waals surface area (Å²) < 4.78 is 24.6. The van der Waals surface area contributed by atoms with Crippen LogP contribution in [0.4, 0.5) is 5.69 Å². The van der Waals surface area contributed by atoms with Crippen LogP contribution < -0.4 is 15.8 Å². The number of rotatable bonds is 6. The molecule has 0 bridgehead atoms. The highest BCUT2D eigenvalue weighted by atomic mass is 79.9. The Labute approximate surface area is 120 Å². The number of sulfonamides is 1. The summed E-state index contributed by atoms with van der Waals surface area (Å²) in [6.07, 6.45) is 1.62. The van der Waals surface area contributed by atoms with E-state index >= 15 is 0 Å². The van der Waals surface area contributed by atoms with Crippen LogP contribution >= 0.6 is 15.9 Å². The maximum atomic E-state index is 11.8. The minimum Gasteiger partial charge on any atom is -0.398 e. The molecule has 1 rings (SSSR count). The summed E-state index contributed by atoms with van der Waals surface area (Å²) in [4.78, 5) is 11.8. The number of carbonyl (C=O) groups excluding carboxylic acids is 1. The van der Waals surface area contributed by atoms with E-state index < -0.39 is 10.0 Å². The van der Waals surface area contributed by atoms with Crippen molar-refractivity contribution in [3.8, 4) is 0 Å². The van der Waals surface area contributed by atoms with Crippen molar-refractivity contribution in [3.63, 3.8) is 0 Å². The predicted molar refractivity (Wildman–Crippen MR) is 78.4 cm³/mol. The van der Waals surface area contributed by atoms with Gasteiger partial charge >= 0.3 is 0 Å². The highest BCUT2D eigenvalue weighted by Gasteiger charge is 2.07. The molecule has 0 heterocycles. The van der Waals surface area contributed by atoms with Crippen molar-refractivity contribution in [2.24, 2.45) is 0 Å². The minimum absolute atomic E-state index is 0.222. The third-order valence-corrected chi connectivity index (χ3v) is 3.68. The topological polar surface area (TPSA) is 101 Å². The van der Waals surface area contributed by atoms with E-state index in [1.165, 1.54) is 0 Å². The number of anilines is 1. The van der Waals surface area contributed by atoms with Crippen LogP contribution in [0, 0.1) is 0 Å². The highest BCUT2D eigenvalue weighted by Crippen LogP contribution is 2.20. The lowest BCUT2D eigenvalue weighted by Gasteiger charge is -2.07. The standard InChI is InChI=1S/C11H16BrN3O3S/c1-19(17,18)15-6-2-5-14-11(16)8-3-4-10(13)9(12)7-8/h3-4,7,15H,2,5-6,13H2,1H3,(H,14,16). The van der Waals surface area contributed by atoms with Gasteiger partial charge in [0.25, 0.3) is 5.91 Å². The van der Waals surface area contributed by atoms with Gasteiger partial charge in [0.2, 0.25) is 10.0 Å². The monoisotopic (exact) mass is 349 g/mol. The third kappa shape index (κ3) is 6.04. The molecule has 8 heteroatoms. The largest absolute Gasteiger partial charge is 0.398 e. The van der Waals surface area contributed by atoms with Gasteiger partial charge in [-0.05, 0) is 40.5 Å². The van der Waals surface area contributed by atoms with E-state index in [4.69, 9.17) is 5.73 Å². The second-order valence-corrected chi connectivity index (χ2v) is 6.70. The Morgan fingerprint density at radius 2 is 2.05 bits per heavy atom. The second kappa shape index (κ2) is 6.88. The van der Waals surface area contributed by atoms with Gasteiger partial charge in [0, 0.05) is 28.8 Å². The van der Waals surface area contributed by atoms with Gasteiger partial charge in [-0.1, -0.05) is 0 Å². The number of nitrogen functional groups attached to an aromatic ring is 1. The molecule has 0 aromatic heterocycles. The van der Waals surface area contributed by atoms with Gasteiger partial charge in [-0.15, -0.1) is 0 Å². The summed E-state index contributed by atoms with van der Waals surface area (Å²) in [6.45, 7) is 0.688. The Morgan fingerprint density at radius 1 is 1.37 bits per heavy atom. The van der Waals surface area contributed by atoms with Gasteiger partial charge in [0.15, 0.2) is 0 Å². The summed E-state index contributed by atoms with van der Waals surface area (Å²) in [7, 11) is -3.17. The minimum atomic E-state index is -3.17. The maximum Gasteiger partial charge on any atom is 0.251 e. The van der Waals surface area contributed by atoms with Crippen molar-refractivity contribution in [2.45, 2.75) is 6.42 Å². The third-order valence-electron chi connectivity index (χ3n) is 2.27. The number of amides is 1. The fraction of sp³-hybridized carbons (Fsp3) is 0.364. The van der Waals surface area contributed by atoms with Crippen molar-refractivity contribution in [2.75, 3.05) is 25.1 Å². The van der Waals surface area contributed by atoms with Crippen LogP contribution in [0.1, 0.15) is 16.8 Å². The van der Waals surface area contributed by atoms with Crippen LogP contribution in [-0.2, 0) is 10.0 Å². The van der Waals surface area contributed by atoms with Gasteiger partial charge in [-0.3, -0.25) is 4.79 Å². The number of halogens is 1. The van der Waals surface area contributed by atoms with Crippen molar-refractivity contribution in [3.05, 3.63) is 28.2 Å². The summed E-state index contributed by atoms with van der Waals surface area (Å²) >= 11 is 3.25. The number of hydrogen-bond acceptors (Lipinski definition) is 4. The van der Waals surface area contributed by atoms with E-state index in [1.54, 1.807) is 18.2 Å². The SMILES string of the molecule is CS(=O)(=O)NCCCNC(=O)c1ccc(N)c(Br)c1. The lowest BCUT2D eigenvalue weighted by molar-refractivity contribution is 0.0953. The number of hydrogen-bond donors (Lipinski definition) is 3. The first-order valence-corrected chi connectivity index (χ1v) is 8.26. The lowest BCUT2D eigenvalue weighted by Crippen LogP contribution is -2.29. The average Bonchev–Trinajstić information content (AvgIpc) is 2.30. The Bertz CT molecular complexity index is 560. The van der Waals surface area contributed by atoms with E-state index in [2.05, 4.69) is 26.0 Å². The Hall–Kier alpha value is -1.12. The fourth-order valence-electron chi connectivity index (χ4n) is 1.32. The molecule has 0 saturated carbocycles. The predicted octanol–water partition coefficient (Wildman–Crippen LogP) is 0.700. The molecule has 0 aliphatic rings. The van der Waals surface area contributed by atoms with Crippen molar-refractivity contribution in [1.29, 1.82) is 0 Å². The van der Waals surface area contributed by atoms with E-state index in [0.717, 1.165) is 6.26 Å². The molecule has 19 heavy (non-hydrogen) atoms. The molecule has 1 aromatic rings. The van der Waals surface area contributed by atoms with Crippen molar-refractivity contribution >= 4 is 37.5 Å². The highest BCUT2D eigenvalue weighted by molar-refractivity contribution is 9.10. The number of nitrogens with two attached hydrogens (primary N) is 1. The molecule has 0 atom stereocenters. The number of benzene rings is 1. The first-order chi connectivity index (χ1) is 8.79. The van der Waals surface area contributed by atoms with Crippen LogP contribution in [0.5, 0.6) is 0 Å². The molecule has 1 amide bonds. The van der Waals surface area contributed by atoms with Crippen LogP contribution in [0.2, 0.25) is 0 Å². The molecule has 0 spiro atoms. The maximum absolute atomic E-state index is 11.8. The first-order valence-electron chi connectivity index (χ1n) is 5.57. The van der Waals surface area contributed by atoms with E-state index in [9.17, 15) is 13.2 Å². The molecule has 4 N–H and O–H groups in total. The second-order valence-electron chi connectivity index (χ2n) is 4.01.